The molecule has 0 radical (unpaired) electrons. The van der Waals surface area contributed by atoms with Gasteiger partial charge in [0.1, 0.15) is 11.9 Å². The number of aromatic nitrogens is 3. The fourth-order valence-corrected chi connectivity index (χ4v) is 4.77. The first-order valence-corrected chi connectivity index (χ1v) is 11.1. The van der Waals surface area contributed by atoms with Gasteiger partial charge in [0.15, 0.2) is 5.82 Å². The molecule has 0 saturated carbocycles. The molecule has 0 fully saturated rings. The van der Waals surface area contributed by atoms with E-state index >= 15 is 0 Å². The number of rotatable bonds is 3. The molecule has 0 amide bonds. The van der Waals surface area contributed by atoms with Crippen LogP contribution in [0.2, 0.25) is 0 Å². The Labute approximate surface area is 187 Å². The van der Waals surface area contributed by atoms with E-state index in [1.807, 2.05) is 91.0 Å². The quantitative estimate of drug-likeness (QED) is 0.418. The van der Waals surface area contributed by atoms with Crippen molar-refractivity contribution in [3.05, 3.63) is 117 Å². The fraction of sp³-hybridized carbons (Fsp3) is 0.0385. The zero-order valence-electron chi connectivity index (χ0n) is 16.9. The predicted octanol–water partition coefficient (Wildman–Crippen LogP) is 4.53. The number of fused-ring (bicyclic) bond motifs is 2. The van der Waals surface area contributed by atoms with E-state index in [1.54, 1.807) is 0 Å². The molecule has 0 saturated heterocycles. The molecule has 5 nitrogen and oxygen atoms in total. The largest absolute Gasteiger partial charge is 0.480 e. The van der Waals surface area contributed by atoms with Crippen LogP contribution in [-0.4, -0.2) is 14.6 Å². The molecule has 5 aromatic rings. The Hall–Kier alpha value is -4.03. The second kappa shape index (κ2) is 7.59. The van der Waals surface area contributed by atoms with Gasteiger partial charge in [-0.15, -0.1) is 5.10 Å². The predicted molar refractivity (Wildman–Crippen MR) is 126 cm³/mol. The smallest absolute Gasteiger partial charge is 0.291 e. The van der Waals surface area contributed by atoms with Crippen LogP contribution in [0.5, 0.6) is 5.75 Å². The Morgan fingerprint density at radius 1 is 0.906 bits per heavy atom. The molecule has 0 N–H and O–H groups in total. The molecule has 32 heavy (non-hydrogen) atoms. The van der Waals surface area contributed by atoms with E-state index in [0.717, 1.165) is 28.0 Å². The van der Waals surface area contributed by atoms with Gasteiger partial charge in [-0.1, -0.05) is 90.2 Å². The summed E-state index contributed by atoms with van der Waals surface area (Å²) in [4.78, 5) is 18.3. The van der Waals surface area contributed by atoms with Crippen molar-refractivity contribution in [1.82, 2.24) is 14.6 Å². The molecule has 154 valence electrons. The molecule has 1 aliphatic heterocycles. The summed E-state index contributed by atoms with van der Waals surface area (Å²) in [5.41, 5.74) is 3.65. The molecular formula is C26H17N3O2S. The van der Waals surface area contributed by atoms with E-state index in [0.29, 0.717) is 15.3 Å². The summed E-state index contributed by atoms with van der Waals surface area (Å²) in [5.74, 6) is 1.38. The van der Waals surface area contributed by atoms with E-state index < -0.39 is 0 Å². The lowest BCUT2D eigenvalue weighted by Crippen LogP contribution is -2.25. The normalized spacial score (nSPS) is 15.9. The van der Waals surface area contributed by atoms with Gasteiger partial charge >= 0.3 is 0 Å². The minimum atomic E-state index is -0.298. The van der Waals surface area contributed by atoms with Crippen LogP contribution in [-0.2, 0) is 0 Å². The number of nitrogens with zero attached hydrogens (tertiary/aromatic N) is 3. The highest BCUT2D eigenvalue weighted by atomic mass is 32.1. The van der Waals surface area contributed by atoms with E-state index in [4.69, 9.17) is 4.74 Å². The number of thiazole rings is 1. The van der Waals surface area contributed by atoms with Crippen LogP contribution in [0.1, 0.15) is 17.2 Å². The van der Waals surface area contributed by atoms with Gasteiger partial charge in [0.05, 0.1) is 4.53 Å². The van der Waals surface area contributed by atoms with Gasteiger partial charge in [-0.05, 0) is 29.4 Å². The Bertz CT molecular complexity index is 1570. The van der Waals surface area contributed by atoms with Crippen molar-refractivity contribution < 1.29 is 4.74 Å². The summed E-state index contributed by atoms with van der Waals surface area (Å²) in [6.07, 6.45) is 3.69. The molecular weight excluding hydrogens is 418 g/mol. The number of hydrogen-bond donors (Lipinski definition) is 0. The van der Waals surface area contributed by atoms with Gasteiger partial charge in [0, 0.05) is 11.1 Å². The zero-order chi connectivity index (χ0) is 21.5. The molecule has 1 atom stereocenters. The second-order valence-electron chi connectivity index (χ2n) is 7.50. The molecule has 1 aliphatic rings. The zero-order valence-corrected chi connectivity index (χ0v) is 17.7. The third-order valence-electron chi connectivity index (χ3n) is 5.40. The number of ether oxygens (including phenoxy) is 1. The van der Waals surface area contributed by atoms with Crippen LogP contribution < -0.4 is 14.8 Å². The Morgan fingerprint density at radius 3 is 2.41 bits per heavy atom. The topological polar surface area (TPSA) is 56.5 Å². The summed E-state index contributed by atoms with van der Waals surface area (Å²) < 4.78 is 8.30. The van der Waals surface area contributed by atoms with Crippen molar-refractivity contribution in [2.75, 3.05) is 0 Å². The highest BCUT2D eigenvalue weighted by molar-refractivity contribution is 7.15. The van der Waals surface area contributed by atoms with Crippen molar-refractivity contribution in [3.8, 4) is 17.1 Å². The summed E-state index contributed by atoms with van der Waals surface area (Å²) >= 11 is 1.34. The summed E-state index contributed by atoms with van der Waals surface area (Å²) in [6.45, 7) is 0. The van der Waals surface area contributed by atoms with Gasteiger partial charge in [-0.2, -0.15) is 9.50 Å². The first kappa shape index (κ1) is 18.7. The lowest BCUT2D eigenvalue weighted by atomic mass is 9.96. The van der Waals surface area contributed by atoms with Crippen LogP contribution in [0.15, 0.2) is 95.3 Å². The molecule has 6 rings (SSSR count). The Morgan fingerprint density at radius 2 is 1.62 bits per heavy atom. The number of hydrogen-bond acceptors (Lipinski definition) is 5. The third-order valence-corrected chi connectivity index (χ3v) is 6.36. The molecule has 3 heterocycles. The highest BCUT2D eigenvalue weighted by Gasteiger charge is 2.23. The molecule has 3 aromatic carbocycles. The van der Waals surface area contributed by atoms with Gasteiger partial charge in [-0.3, -0.25) is 4.79 Å². The summed E-state index contributed by atoms with van der Waals surface area (Å²) in [5, 5.41) is 4.44. The molecule has 6 heteroatoms. The maximum atomic E-state index is 13.1. The lowest BCUT2D eigenvalue weighted by Gasteiger charge is -2.26. The van der Waals surface area contributed by atoms with Crippen LogP contribution in [0.4, 0.5) is 0 Å². The van der Waals surface area contributed by atoms with E-state index in [-0.39, 0.29) is 11.7 Å². The Kier molecular flexibility index (Phi) is 4.44. The van der Waals surface area contributed by atoms with Gasteiger partial charge in [0.2, 0.25) is 4.96 Å². The minimum absolute atomic E-state index is 0.175. The van der Waals surface area contributed by atoms with E-state index in [2.05, 4.69) is 16.2 Å². The van der Waals surface area contributed by atoms with Crippen LogP contribution in [0.3, 0.4) is 0 Å². The molecule has 1 unspecified atom stereocenters. The van der Waals surface area contributed by atoms with E-state index in [1.165, 1.54) is 15.9 Å². The van der Waals surface area contributed by atoms with Gasteiger partial charge < -0.3 is 4.74 Å². The van der Waals surface area contributed by atoms with Crippen molar-refractivity contribution in [2.45, 2.75) is 6.10 Å². The maximum absolute atomic E-state index is 13.1. The number of para-hydroxylation sites is 1. The number of benzene rings is 3. The summed E-state index contributed by atoms with van der Waals surface area (Å²) in [6, 6.07) is 27.6. The molecule has 0 aliphatic carbocycles. The van der Waals surface area contributed by atoms with Gasteiger partial charge in [-0.25, -0.2) is 0 Å². The molecule has 0 bridgehead atoms. The van der Waals surface area contributed by atoms with Crippen molar-refractivity contribution >= 4 is 28.4 Å². The minimum Gasteiger partial charge on any atom is -0.480 e. The summed E-state index contributed by atoms with van der Waals surface area (Å²) in [7, 11) is 0. The lowest BCUT2D eigenvalue weighted by molar-refractivity contribution is 0.244. The van der Waals surface area contributed by atoms with Crippen LogP contribution >= 0.6 is 11.3 Å². The second-order valence-corrected chi connectivity index (χ2v) is 8.51. The average Bonchev–Trinajstić information content (AvgIpc) is 3.39. The SMILES string of the molecule is O=c1c(=CC2=Cc3ccccc3OC2c2ccccc2)sc2nc(-c3ccccc3)nn12. The van der Waals surface area contributed by atoms with E-state index in [9.17, 15) is 4.79 Å². The standard InChI is InChI=1S/C26H17N3O2S/c30-25-22(32-26-27-24(28-29(25)26)18-11-5-2-6-12-18)16-20-15-19-13-7-8-14-21(19)31-23(20)17-9-3-1-4-10-17/h1-16,23H. The maximum Gasteiger partial charge on any atom is 0.291 e. The highest BCUT2D eigenvalue weighted by Crippen LogP contribution is 2.37. The molecule has 0 spiro atoms. The first-order valence-electron chi connectivity index (χ1n) is 10.3. The van der Waals surface area contributed by atoms with Crippen molar-refractivity contribution in [2.24, 2.45) is 0 Å². The van der Waals surface area contributed by atoms with Gasteiger partial charge in [0.25, 0.3) is 5.56 Å². The average molecular weight is 436 g/mol. The van der Waals surface area contributed by atoms with Crippen molar-refractivity contribution in [3.63, 3.8) is 0 Å². The van der Waals surface area contributed by atoms with Crippen LogP contribution in [0.25, 0.3) is 28.5 Å². The monoisotopic (exact) mass is 435 g/mol. The first-order chi connectivity index (χ1) is 15.8. The third kappa shape index (κ3) is 3.21. The fourth-order valence-electron chi connectivity index (χ4n) is 3.86. The Balaban J connectivity index is 1.48. The van der Waals surface area contributed by atoms with Crippen LogP contribution in [0, 0.1) is 0 Å². The molecule has 2 aromatic heterocycles. The van der Waals surface area contributed by atoms with Crippen molar-refractivity contribution in [1.29, 1.82) is 0 Å².